The van der Waals surface area contributed by atoms with Gasteiger partial charge in [-0.05, 0) is 25.0 Å². The SMILES string of the molecule is C[C@]12C(=O)N(CCCl)C(=O)N1CCc1c2[nH]c2ccccc12. The van der Waals surface area contributed by atoms with Crippen molar-refractivity contribution in [2.24, 2.45) is 0 Å². The number of rotatable bonds is 2. The van der Waals surface area contributed by atoms with E-state index in [0.717, 1.165) is 28.6 Å². The van der Waals surface area contributed by atoms with E-state index in [1.165, 1.54) is 4.90 Å². The van der Waals surface area contributed by atoms with Gasteiger partial charge in [-0.3, -0.25) is 9.69 Å². The lowest BCUT2D eigenvalue weighted by molar-refractivity contribution is -0.133. The molecule has 1 saturated heterocycles. The molecule has 22 heavy (non-hydrogen) atoms. The van der Waals surface area contributed by atoms with Crippen LogP contribution in [0, 0.1) is 0 Å². The molecule has 0 spiro atoms. The van der Waals surface area contributed by atoms with E-state index in [2.05, 4.69) is 11.1 Å². The number of amides is 3. The average molecular weight is 318 g/mol. The molecule has 1 N–H and O–H groups in total. The number of urea groups is 1. The fourth-order valence-corrected chi connectivity index (χ4v) is 3.91. The lowest BCUT2D eigenvalue weighted by Crippen LogP contribution is -2.49. The minimum absolute atomic E-state index is 0.189. The highest BCUT2D eigenvalue weighted by Gasteiger charge is 2.58. The van der Waals surface area contributed by atoms with Crippen molar-refractivity contribution in [3.8, 4) is 0 Å². The molecule has 2 aliphatic rings. The van der Waals surface area contributed by atoms with E-state index in [0.29, 0.717) is 6.54 Å². The Bertz CT molecular complexity index is 800. The van der Waals surface area contributed by atoms with Crippen molar-refractivity contribution in [2.45, 2.75) is 18.9 Å². The van der Waals surface area contributed by atoms with Gasteiger partial charge in [-0.1, -0.05) is 18.2 Å². The highest BCUT2D eigenvalue weighted by molar-refractivity contribution is 6.18. The molecule has 0 saturated carbocycles. The van der Waals surface area contributed by atoms with Crippen LogP contribution in [-0.4, -0.2) is 45.7 Å². The van der Waals surface area contributed by atoms with E-state index >= 15 is 0 Å². The first-order valence-electron chi connectivity index (χ1n) is 7.38. The molecular formula is C16H16ClN3O2. The molecule has 1 atom stereocenters. The number of hydrogen-bond acceptors (Lipinski definition) is 2. The van der Waals surface area contributed by atoms with Gasteiger partial charge in [-0.2, -0.15) is 0 Å². The summed E-state index contributed by atoms with van der Waals surface area (Å²) in [4.78, 5) is 31.7. The Morgan fingerprint density at radius 2 is 2.09 bits per heavy atom. The van der Waals surface area contributed by atoms with E-state index in [-0.39, 0.29) is 24.4 Å². The molecule has 1 fully saturated rings. The van der Waals surface area contributed by atoms with Crippen LogP contribution in [-0.2, 0) is 16.8 Å². The number of aromatic amines is 1. The molecule has 2 aliphatic heterocycles. The number of nitrogens with one attached hydrogen (secondary N) is 1. The van der Waals surface area contributed by atoms with Crippen molar-refractivity contribution in [1.29, 1.82) is 0 Å². The molecule has 0 bridgehead atoms. The zero-order chi connectivity index (χ0) is 15.5. The first-order valence-corrected chi connectivity index (χ1v) is 7.92. The van der Waals surface area contributed by atoms with Gasteiger partial charge < -0.3 is 9.88 Å². The van der Waals surface area contributed by atoms with Crippen LogP contribution in [0.5, 0.6) is 0 Å². The number of aromatic nitrogens is 1. The van der Waals surface area contributed by atoms with E-state index in [1.54, 1.807) is 4.90 Å². The average Bonchev–Trinajstić information content (AvgIpc) is 2.99. The molecule has 114 valence electrons. The van der Waals surface area contributed by atoms with E-state index in [1.807, 2.05) is 25.1 Å². The highest BCUT2D eigenvalue weighted by Crippen LogP contribution is 2.43. The number of halogens is 1. The second-order valence-corrected chi connectivity index (χ2v) is 6.30. The summed E-state index contributed by atoms with van der Waals surface area (Å²) in [5.41, 5.74) is 2.04. The number of imide groups is 1. The Balaban J connectivity index is 1.92. The fraction of sp³-hybridized carbons (Fsp3) is 0.375. The number of fused-ring (bicyclic) bond motifs is 5. The van der Waals surface area contributed by atoms with Crippen LogP contribution < -0.4 is 0 Å². The van der Waals surface area contributed by atoms with Gasteiger partial charge in [-0.15, -0.1) is 11.6 Å². The summed E-state index contributed by atoms with van der Waals surface area (Å²) in [5.74, 6) is 0.0617. The van der Waals surface area contributed by atoms with E-state index < -0.39 is 5.54 Å². The standard InChI is InChI=1S/C16H16ClN3O2/c1-16-13-11(10-4-2-3-5-12(10)18-13)6-8-20(16)15(22)19(9-7-17)14(16)21/h2-5,18H,6-9H2,1H3/t16-/m0/s1. The summed E-state index contributed by atoms with van der Waals surface area (Å²) in [6, 6.07) is 7.77. The van der Waals surface area contributed by atoms with Gasteiger partial charge in [0.1, 0.15) is 0 Å². The highest BCUT2D eigenvalue weighted by atomic mass is 35.5. The monoisotopic (exact) mass is 317 g/mol. The zero-order valence-corrected chi connectivity index (χ0v) is 13.0. The van der Waals surface area contributed by atoms with Crippen LogP contribution in [0.4, 0.5) is 4.79 Å². The van der Waals surface area contributed by atoms with Crippen LogP contribution in [0.25, 0.3) is 10.9 Å². The summed E-state index contributed by atoms with van der Waals surface area (Å²) in [5, 5.41) is 1.13. The van der Waals surface area contributed by atoms with Gasteiger partial charge in [0.05, 0.1) is 5.69 Å². The van der Waals surface area contributed by atoms with Crippen LogP contribution in [0.1, 0.15) is 18.2 Å². The third kappa shape index (κ3) is 1.49. The number of carbonyl (C=O) groups excluding carboxylic acids is 2. The molecule has 1 aromatic heterocycles. The molecule has 0 aliphatic carbocycles. The predicted octanol–water partition coefficient (Wildman–Crippen LogP) is 2.44. The van der Waals surface area contributed by atoms with Gasteiger partial charge in [0.2, 0.25) is 0 Å². The van der Waals surface area contributed by atoms with Crippen LogP contribution in [0.15, 0.2) is 24.3 Å². The normalized spacial score (nSPS) is 24.1. The first-order chi connectivity index (χ1) is 10.6. The molecule has 3 amide bonds. The molecule has 5 nitrogen and oxygen atoms in total. The van der Waals surface area contributed by atoms with Crippen LogP contribution in [0.2, 0.25) is 0 Å². The Kier molecular flexibility index (Phi) is 2.78. The lowest BCUT2D eigenvalue weighted by Gasteiger charge is -2.36. The van der Waals surface area contributed by atoms with Crippen molar-refractivity contribution in [1.82, 2.24) is 14.8 Å². The third-order valence-corrected chi connectivity index (χ3v) is 5.03. The lowest BCUT2D eigenvalue weighted by atomic mass is 9.87. The molecule has 0 radical (unpaired) electrons. The van der Waals surface area contributed by atoms with Crippen molar-refractivity contribution in [2.75, 3.05) is 19.0 Å². The molecular weight excluding hydrogens is 302 g/mol. The van der Waals surface area contributed by atoms with Gasteiger partial charge in [-0.25, -0.2) is 4.79 Å². The molecule has 0 unspecified atom stereocenters. The van der Waals surface area contributed by atoms with E-state index in [9.17, 15) is 9.59 Å². The molecule has 4 rings (SSSR count). The first kappa shape index (κ1) is 13.6. The number of hydrogen-bond donors (Lipinski definition) is 1. The van der Waals surface area contributed by atoms with Crippen LogP contribution in [0.3, 0.4) is 0 Å². The second-order valence-electron chi connectivity index (χ2n) is 5.93. The topological polar surface area (TPSA) is 56.4 Å². The fourth-order valence-electron chi connectivity index (χ4n) is 3.74. The summed E-state index contributed by atoms with van der Waals surface area (Å²) >= 11 is 5.75. The van der Waals surface area contributed by atoms with Crippen molar-refractivity contribution in [3.63, 3.8) is 0 Å². The summed E-state index contributed by atoms with van der Waals surface area (Å²) in [6.45, 7) is 2.63. The third-order valence-electron chi connectivity index (χ3n) is 4.86. The largest absolute Gasteiger partial charge is 0.356 e. The Morgan fingerprint density at radius 3 is 2.86 bits per heavy atom. The van der Waals surface area contributed by atoms with Gasteiger partial charge in [0, 0.05) is 29.9 Å². The number of alkyl halides is 1. The molecule has 3 heterocycles. The summed E-state index contributed by atoms with van der Waals surface area (Å²) in [6.07, 6.45) is 0.753. The Hall–Kier alpha value is -2.01. The quantitative estimate of drug-likeness (QED) is 0.683. The number of nitrogens with zero attached hydrogens (tertiary/aromatic N) is 2. The Morgan fingerprint density at radius 1 is 1.32 bits per heavy atom. The minimum atomic E-state index is -0.949. The maximum atomic E-state index is 12.9. The van der Waals surface area contributed by atoms with Crippen molar-refractivity contribution >= 4 is 34.4 Å². The minimum Gasteiger partial charge on any atom is -0.356 e. The van der Waals surface area contributed by atoms with Crippen molar-refractivity contribution in [3.05, 3.63) is 35.5 Å². The summed E-state index contributed by atoms with van der Waals surface area (Å²) in [7, 11) is 0. The summed E-state index contributed by atoms with van der Waals surface area (Å²) < 4.78 is 0. The Labute approximate surface area is 132 Å². The van der Waals surface area contributed by atoms with Crippen LogP contribution >= 0.6 is 11.6 Å². The zero-order valence-electron chi connectivity index (χ0n) is 12.2. The maximum Gasteiger partial charge on any atom is 0.328 e. The smallest absolute Gasteiger partial charge is 0.328 e. The van der Waals surface area contributed by atoms with Gasteiger partial charge in [0.15, 0.2) is 5.54 Å². The molecule has 6 heteroatoms. The predicted molar refractivity (Wildman–Crippen MR) is 83.9 cm³/mol. The molecule has 1 aromatic carbocycles. The number of benzene rings is 1. The number of para-hydroxylation sites is 1. The maximum absolute atomic E-state index is 12.9. The number of carbonyl (C=O) groups is 2. The molecule has 2 aromatic rings. The van der Waals surface area contributed by atoms with Crippen molar-refractivity contribution < 1.29 is 9.59 Å². The van der Waals surface area contributed by atoms with Gasteiger partial charge >= 0.3 is 6.03 Å². The number of H-pyrrole nitrogens is 1. The van der Waals surface area contributed by atoms with E-state index in [4.69, 9.17) is 11.6 Å². The van der Waals surface area contributed by atoms with Gasteiger partial charge in [0.25, 0.3) is 5.91 Å². The second kappa shape index (κ2) is 4.49.